The van der Waals surface area contributed by atoms with Crippen LogP contribution in [0, 0.1) is 0 Å². The lowest BCUT2D eigenvalue weighted by atomic mass is 10.2. The van der Waals surface area contributed by atoms with E-state index < -0.39 is 0 Å². The van der Waals surface area contributed by atoms with Gasteiger partial charge in [0.05, 0.1) is 22.8 Å². The largest absolute Gasteiger partial charge is 0.396 e. The first-order valence-corrected chi connectivity index (χ1v) is 9.32. The smallest absolute Gasteiger partial charge is 0.151 e. The van der Waals surface area contributed by atoms with Gasteiger partial charge in [0.25, 0.3) is 0 Å². The summed E-state index contributed by atoms with van der Waals surface area (Å²) < 4.78 is 0. The van der Waals surface area contributed by atoms with E-state index in [1.807, 2.05) is 36.4 Å². The highest BCUT2D eigenvalue weighted by atomic mass is 16.3. The SMILES string of the molecule is OCC/C(=N\Nc1cc(N/N=C(\CCO)c2ccccn2)ncn1)c1ccccn1. The second kappa shape index (κ2) is 11.3. The third-order valence-corrected chi connectivity index (χ3v) is 3.90. The van der Waals surface area contributed by atoms with Crippen LogP contribution < -0.4 is 10.9 Å². The van der Waals surface area contributed by atoms with Gasteiger partial charge < -0.3 is 10.2 Å². The average Bonchev–Trinajstić information content (AvgIpc) is 2.81. The van der Waals surface area contributed by atoms with Crippen molar-refractivity contribution in [3.63, 3.8) is 0 Å². The molecule has 0 unspecified atom stereocenters. The van der Waals surface area contributed by atoms with Crippen molar-refractivity contribution in [2.24, 2.45) is 10.2 Å². The molecule has 10 heteroatoms. The number of nitrogens with one attached hydrogen (secondary N) is 2. The van der Waals surface area contributed by atoms with Gasteiger partial charge in [0.1, 0.15) is 6.33 Å². The molecular weight excluding hydrogens is 384 g/mol. The van der Waals surface area contributed by atoms with E-state index in [1.54, 1.807) is 18.5 Å². The molecule has 3 aromatic rings. The van der Waals surface area contributed by atoms with Crippen LogP contribution >= 0.6 is 0 Å². The van der Waals surface area contributed by atoms with Crippen LogP contribution in [0.15, 0.2) is 71.4 Å². The molecule has 3 heterocycles. The van der Waals surface area contributed by atoms with Gasteiger partial charge in [-0.05, 0) is 24.3 Å². The molecule has 0 aliphatic rings. The van der Waals surface area contributed by atoms with Crippen molar-refractivity contribution < 1.29 is 10.2 Å². The maximum Gasteiger partial charge on any atom is 0.151 e. The van der Waals surface area contributed by atoms with Crippen molar-refractivity contribution >= 4 is 23.1 Å². The Morgan fingerprint density at radius 2 is 1.23 bits per heavy atom. The van der Waals surface area contributed by atoms with Gasteiger partial charge in [0.15, 0.2) is 11.6 Å². The van der Waals surface area contributed by atoms with Crippen LogP contribution in [-0.4, -0.2) is 54.8 Å². The summed E-state index contributed by atoms with van der Waals surface area (Å²) in [6.07, 6.45) is 5.39. The molecule has 4 N–H and O–H groups in total. The monoisotopic (exact) mass is 406 g/mol. The van der Waals surface area contributed by atoms with E-state index in [2.05, 4.69) is 41.0 Å². The zero-order valence-corrected chi connectivity index (χ0v) is 16.2. The number of hydrogen-bond donors (Lipinski definition) is 4. The molecule has 0 aliphatic heterocycles. The van der Waals surface area contributed by atoms with Crippen LogP contribution in [-0.2, 0) is 0 Å². The van der Waals surface area contributed by atoms with Gasteiger partial charge in [-0.2, -0.15) is 10.2 Å². The number of nitrogens with zero attached hydrogens (tertiary/aromatic N) is 6. The van der Waals surface area contributed by atoms with Gasteiger partial charge in [-0.1, -0.05) is 12.1 Å². The summed E-state index contributed by atoms with van der Waals surface area (Å²) in [7, 11) is 0. The van der Waals surface area contributed by atoms with Gasteiger partial charge >= 0.3 is 0 Å². The molecule has 0 spiro atoms. The third kappa shape index (κ3) is 6.12. The molecule has 0 aliphatic carbocycles. The highest BCUT2D eigenvalue weighted by Crippen LogP contribution is 2.11. The zero-order chi connectivity index (χ0) is 21.0. The van der Waals surface area contributed by atoms with Gasteiger partial charge in [-0.25, -0.2) is 9.97 Å². The van der Waals surface area contributed by atoms with Crippen LogP contribution in [0.2, 0.25) is 0 Å². The summed E-state index contributed by atoms with van der Waals surface area (Å²) >= 11 is 0. The van der Waals surface area contributed by atoms with E-state index in [1.165, 1.54) is 6.33 Å². The molecule has 0 amide bonds. The summed E-state index contributed by atoms with van der Waals surface area (Å²) in [5.41, 5.74) is 8.25. The Labute approximate surface area is 173 Å². The van der Waals surface area contributed by atoms with E-state index in [9.17, 15) is 10.2 Å². The molecule has 0 atom stereocenters. The minimum absolute atomic E-state index is 0.0520. The lowest BCUT2D eigenvalue weighted by molar-refractivity contribution is 0.306. The van der Waals surface area contributed by atoms with E-state index in [4.69, 9.17) is 0 Å². The van der Waals surface area contributed by atoms with Crippen molar-refractivity contribution in [1.29, 1.82) is 0 Å². The van der Waals surface area contributed by atoms with Crippen molar-refractivity contribution in [3.05, 3.63) is 72.6 Å². The van der Waals surface area contributed by atoms with Crippen molar-refractivity contribution in [2.75, 3.05) is 24.1 Å². The van der Waals surface area contributed by atoms with E-state index in [0.29, 0.717) is 47.3 Å². The minimum Gasteiger partial charge on any atom is -0.396 e. The van der Waals surface area contributed by atoms with Crippen molar-refractivity contribution in [3.8, 4) is 0 Å². The lowest BCUT2D eigenvalue weighted by Crippen LogP contribution is -2.10. The molecule has 0 bridgehead atoms. The molecule has 3 rings (SSSR count). The van der Waals surface area contributed by atoms with Crippen LogP contribution in [0.3, 0.4) is 0 Å². The Morgan fingerprint density at radius 3 is 1.63 bits per heavy atom. The molecule has 0 saturated heterocycles. The first kappa shape index (κ1) is 21.0. The predicted molar refractivity (Wildman–Crippen MR) is 114 cm³/mol. The Bertz CT molecular complexity index is 904. The number of rotatable bonds is 10. The first-order chi connectivity index (χ1) is 14.8. The van der Waals surface area contributed by atoms with Crippen LogP contribution in [0.1, 0.15) is 24.2 Å². The number of pyridine rings is 2. The Morgan fingerprint density at radius 1 is 0.733 bits per heavy atom. The van der Waals surface area contributed by atoms with E-state index >= 15 is 0 Å². The topological polar surface area (TPSA) is 141 Å². The number of aliphatic hydroxyl groups is 2. The number of hydrogen-bond acceptors (Lipinski definition) is 10. The highest BCUT2D eigenvalue weighted by molar-refractivity contribution is 5.99. The van der Waals surface area contributed by atoms with Crippen LogP contribution in [0.25, 0.3) is 0 Å². The van der Waals surface area contributed by atoms with Crippen molar-refractivity contribution in [2.45, 2.75) is 12.8 Å². The molecule has 10 nitrogen and oxygen atoms in total. The maximum atomic E-state index is 9.29. The van der Waals surface area contributed by atoms with Gasteiger partial charge in [-0.3, -0.25) is 20.8 Å². The van der Waals surface area contributed by atoms with Crippen molar-refractivity contribution in [1.82, 2.24) is 19.9 Å². The molecule has 0 fully saturated rings. The van der Waals surface area contributed by atoms with Gasteiger partial charge in [0.2, 0.25) is 0 Å². The van der Waals surface area contributed by atoms with Gasteiger partial charge in [0, 0.05) is 44.5 Å². The molecule has 0 saturated carbocycles. The Hall–Kier alpha value is -3.76. The molecule has 30 heavy (non-hydrogen) atoms. The quantitative estimate of drug-likeness (QED) is 0.294. The molecule has 3 aromatic heterocycles. The average molecular weight is 406 g/mol. The molecular formula is C20H22N8O2. The summed E-state index contributed by atoms with van der Waals surface area (Å²) in [6, 6.07) is 12.6. The summed E-state index contributed by atoms with van der Waals surface area (Å²) in [6.45, 7) is -0.104. The molecule has 154 valence electrons. The third-order valence-electron chi connectivity index (χ3n) is 3.90. The fourth-order valence-corrected chi connectivity index (χ4v) is 2.49. The Kier molecular flexibility index (Phi) is 7.89. The normalized spacial score (nSPS) is 11.9. The fourth-order valence-electron chi connectivity index (χ4n) is 2.49. The minimum atomic E-state index is -0.0520. The number of hydrazone groups is 2. The Balaban J connectivity index is 1.74. The van der Waals surface area contributed by atoms with Gasteiger partial charge in [-0.15, -0.1) is 0 Å². The second-order valence-electron chi connectivity index (χ2n) is 6.01. The number of aliphatic hydroxyl groups excluding tert-OH is 2. The fraction of sp³-hybridized carbons (Fsp3) is 0.200. The second-order valence-corrected chi connectivity index (χ2v) is 6.01. The first-order valence-electron chi connectivity index (χ1n) is 9.32. The molecule has 0 radical (unpaired) electrons. The number of anilines is 2. The maximum absolute atomic E-state index is 9.29. The predicted octanol–water partition coefficient (Wildman–Crippen LogP) is 1.66. The number of aromatic nitrogens is 4. The van der Waals surface area contributed by atoms with E-state index in [0.717, 1.165) is 0 Å². The summed E-state index contributed by atoms with van der Waals surface area (Å²) in [5, 5.41) is 27.2. The molecule has 0 aromatic carbocycles. The van der Waals surface area contributed by atoms with Crippen LogP contribution in [0.4, 0.5) is 11.6 Å². The highest BCUT2D eigenvalue weighted by Gasteiger charge is 2.06. The zero-order valence-electron chi connectivity index (χ0n) is 16.2. The van der Waals surface area contributed by atoms with Crippen LogP contribution in [0.5, 0.6) is 0 Å². The summed E-state index contributed by atoms with van der Waals surface area (Å²) in [4.78, 5) is 16.8. The summed E-state index contributed by atoms with van der Waals surface area (Å²) in [5.74, 6) is 0.881. The standard InChI is InChI=1S/C20H22N8O2/c29-11-7-17(15-5-1-3-9-21-15)25-27-19-13-20(24-14-23-19)28-26-18(8-12-30)16-6-2-4-10-22-16/h1-6,9-10,13-14,29-30H,7-8,11-12H2,(H2,23,24,27,28)/b25-17+,26-18+. The van der Waals surface area contributed by atoms with E-state index in [-0.39, 0.29) is 13.2 Å². The lowest BCUT2D eigenvalue weighted by Gasteiger charge is -2.07.